The van der Waals surface area contributed by atoms with Gasteiger partial charge in [0.1, 0.15) is 10.7 Å². The smallest absolute Gasteiger partial charge is 0.265 e. The Balaban J connectivity index is 2.40. The van der Waals surface area contributed by atoms with Crippen LogP contribution < -0.4 is 10.5 Å². The third-order valence-electron chi connectivity index (χ3n) is 3.00. The molecule has 0 unspecified atom stereocenters. The molecule has 0 radical (unpaired) electrons. The van der Waals surface area contributed by atoms with Crippen molar-refractivity contribution in [3.63, 3.8) is 0 Å². The van der Waals surface area contributed by atoms with Gasteiger partial charge < -0.3 is 5.73 Å². The van der Waals surface area contributed by atoms with Crippen molar-refractivity contribution in [1.29, 1.82) is 0 Å². The van der Waals surface area contributed by atoms with Gasteiger partial charge in [-0.3, -0.25) is 9.40 Å². The average Bonchev–Trinajstić information content (AvgIpc) is 2.64. The molecule has 2 aromatic rings. The molecule has 21 heavy (non-hydrogen) atoms. The summed E-state index contributed by atoms with van der Waals surface area (Å²) < 4.78 is 42.0. The molecular formula is C13H17FN4O2S. The van der Waals surface area contributed by atoms with Gasteiger partial charge in [-0.05, 0) is 32.0 Å². The molecule has 1 heterocycles. The van der Waals surface area contributed by atoms with Crippen molar-refractivity contribution in [2.75, 3.05) is 11.3 Å². The number of sulfonamides is 1. The van der Waals surface area contributed by atoms with Crippen molar-refractivity contribution >= 4 is 15.7 Å². The van der Waals surface area contributed by atoms with Crippen LogP contribution in [-0.4, -0.2) is 24.7 Å². The van der Waals surface area contributed by atoms with Gasteiger partial charge in [0.25, 0.3) is 10.0 Å². The molecule has 0 aliphatic rings. The molecule has 0 fully saturated rings. The van der Waals surface area contributed by atoms with Gasteiger partial charge in [0.2, 0.25) is 0 Å². The Hall–Kier alpha value is -1.93. The predicted molar refractivity (Wildman–Crippen MR) is 78.0 cm³/mol. The molecule has 8 heteroatoms. The normalized spacial score (nSPS) is 11.6. The first-order valence-corrected chi connectivity index (χ1v) is 7.86. The Bertz CT molecular complexity index is 756. The van der Waals surface area contributed by atoms with E-state index in [9.17, 15) is 12.8 Å². The second-order valence-corrected chi connectivity index (χ2v) is 6.25. The number of nitrogens with one attached hydrogen (secondary N) is 1. The minimum absolute atomic E-state index is 0.0974. The lowest BCUT2D eigenvalue weighted by Gasteiger charge is -2.09. The van der Waals surface area contributed by atoms with Gasteiger partial charge in [-0.2, -0.15) is 5.10 Å². The van der Waals surface area contributed by atoms with E-state index in [1.165, 1.54) is 18.2 Å². The van der Waals surface area contributed by atoms with E-state index in [0.29, 0.717) is 24.5 Å². The number of hydrogen-bond acceptors (Lipinski definition) is 4. The molecule has 0 amide bonds. The molecular weight excluding hydrogens is 295 g/mol. The molecule has 2 rings (SSSR count). The fraction of sp³-hybridized carbons (Fsp3) is 0.308. The van der Waals surface area contributed by atoms with Crippen LogP contribution in [0.5, 0.6) is 0 Å². The highest BCUT2D eigenvalue weighted by atomic mass is 32.2. The first kappa shape index (κ1) is 15.5. The van der Waals surface area contributed by atoms with Gasteiger partial charge in [-0.15, -0.1) is 0 Å². The molecule has 0 bridgehead atoms. The minimum atomic E-state index is -3.83. The number of benzene rings is 1. The number of aromatic nitrogens is 2. The lowest BCUT2D eigenvalue weighted by Crippen LogP contribution is -2.16. The summed E-state index contributed by atoms with van der Waals surface area (Å²) in [4.78, 5) is 0.0974. The lowest BCUT2D eigenvalue weighted by atomic mass is 10.3. The standard InChI is InChI=1S/C13H17FN4O2S/c1-9-13(10(2)18(16-9)7-6-15)21(19,20)17-12-5-3-4-11(14)8-12/h3-5,8,17H,6-7,15H2,1-2H3. The largest absolute Gasteiger partial charge is 0.329 e. The van der Waals surface area contributed by atoms with Crippen LogP contribution in [0.25, 0.3) is 0 Å². The molecule has 0 saturated carbocycles. The van der Waals surface area contributed by atoms with Crippen molar-refractivity contribution in [3.8, 4) is 0 Å². The molecule has 0 aliphatic heterocycles. The van der Waals surface area contributed by atoms with Gasteiger partial charge in [-0.25, -0.2) is 12.8 Å². The Morgan fingerprint density at radius 2 is 2.10 bits per heavy atom. The molecule has 114 valence electrons. The van der Waals surface area contributed by atoms with Crippen LogP contribution in [0.4, 0.5) is 10.1 Å². The highest BCUT2D eigenvalue weighted by Gasteiger charge is 2.24. The van der Waals surface area contributed by atoms with Crippen molar-refractivity contribution in [2.24, 2.45) is 5.73 Å². The zero-order valence-electron chi connectivity index (χ0n) is 11.8. The first-order valence-electron chi connectivity index (χ1n) is 6.37. The second-order valence-electron chi connectivity index (χ2n) is 4.63. The number of rotatable bonds is 5. The van der Waals surface area contributed by atoms with E-state index in [2.05, 4.69) is 9.82 Å². The summed E-state index contributed by atoms with van der Waals surface area (Å²) in [5, 5.41) is 4.17. The molecule has 0 aliphatic carbocycles. The van der Waals surface area contributed by atoms with Crippen LogP contribution in [0, 0.1) is 19.7 Å². The molecule has 0 spiro atoms. The van der Waals surface area contributed by atoms with Crippen LogP contribution >= 0.6 is 0 Å². The first-order chi connectivity index (χ1) is 9.85. The summed E-state index contributed by atoms with van der Waals surface area (Å²) in [5.41, 5.74) is 6.52. The SMILES string of the molecule is Cc1nn(CCN)c(C)c1S(=O)(=O)Nc1cccc(F)c1. The highest BCUT2D eigenvalue weighted by Crippen LogP contribution is 2.22. The summed E-state index contributed by atoms with van der Waals surface area (Å²) in [6, 6.07) is 5.28. The van der Waals surface area contributed by atoms with Crippen LogP contribution in [-0.2, 0) is 16.6 Å². The Labute approximate surface area is 122 Å². The van der Waals surface area contributed by atoms with E-state index in [0.717, 1.165) is 6.07 Å². The number of nitrogens with zero attached hydrogens (tertiary/aromatic N) is 2. The van der Waals surface area contributed by atoms with E-state index in [-0.39, 0.29) is 10.6 Å². The predicted octanol–water partition coefficient (Wildman–Crippen LogP) is 1.40. The fourth-order valence-corrected chi connectivity index (χ4v) is 3.63. The van der Waals surface area contributed by atoms with Crippen molar-refractivity contribution < 1.29 is 12.8 Å². The molecule has 0 atom stereocenters. The zero-order valence-corrected chi connectivity index (χ0v) is 12.6. The van der Waals surface area contributed by atoms with E-state index in [1.807, 2.05) is 0 Å². The monoisotopic (exact) mass is 312 g/mol. The Morgan fingerprint density at radius 3 is 2.71 bits per heavy atom. The van der Waals surface area contributed by atoms with Crippen LogP contribution in [0.15, 0.2) is 29.2 Å². The minimum Gasteiger partial charge on any atom is -0.329 e. The van der Waals surface area contributed by atoms with Crippen LogP contribution in [0.3, 0.4) is 0 Å². The van der Waals surface area contributed by atoms with Crippen LogP contribution in [0.2, 0.25) is 0 Å². The molecule has 3 N–H and O–H groups in total. The molecule has 1 aromatic heterocycles. The van der Waals surface area contributed by atoms with E-state index in [1.54, 1.807) is 18.5 Å². The second kappa shape index (κ2) is 5.82. The highest BCUT2D eigenvalue weighted by molar-refractivity contribution is 7.92. The number of aryl methyl sites for hydroxylation is 1. The quantitative estimate of drug-likeness (QED) is 0.873. The summed E-state index contributed by atoms with van der Waals surface area (Å²) in [6.07, 6.45) is 0. The summed E-state index contributed by atoms with van der Waals surface area (Å²) in [7, 11) is -3.83. The van der Waals surface area contributed by atoms with E-state index in [4.69, 9.17) is 5.73 Å². The maximum atomic E-state index is 13.1. The molecule has 6 nitrogen and oxygen atoms in total. The maximum absolute atomic E-state index is 13.1. The van der Waals surface area contributed by atoms with E-state index < -0.39 is 15.8 Å². The van der Waals surface area contributed by atoms with E-state index >= 15 is 0 Å². The summed E-state index contributed by atoms with van der Waals surface area (Å²) in [5.74, 6) is -0.512. The van der Waals surface area contributed by atoms with Crippen LogP contribution in [0.1, 0.15) is 11.4 Å². The zero-order chi connectivity index (χ0) is 15.6. The van der Waals surface area contributed by atoms with Crippen molar-refractivity contribution in [1.82, 2.24) is 9.78 Å². The maximum Gasteiger partial charge on any atom is 0.265 e. The molecule has 0 saturated heterocycles. The number of anilines is 1. The lowest BCUT2D eigenvalue weighted by molar-refractivity contribution is 0.593. The average molecular weight is 312 g/mol. The van der Waals surface area contributed by atoms with Gasteiger partial charge in [0.15, 0.2) is 0 Å². The van der Waals surface area contributed by atoms with Crippen molar-refractivity contribution in [3.05, 3.63) is 41.5 Å². The van der Waals surface area contributed by atoms with Gasteiger partial charge in [0.05, 0.1) is 23.6 Å². The topological polar surface area (TPSA) is 90.0 Å². The van der Waals surface area contributed by atoms with Gasteiger partial charge in [-0.1, -0.05) is 6.07 Å². The van der Waals surface area contributed by atoms with Gasteiger partial charge in [0, 0.05) is 6.54 Å². The summed E-state index contributed by atoms with van der Waals surface area (Å²) >= 11 is 0. The fourth-order valence-electron chi connectivity index (χ4n) is 2.17. The molecule has 1 aromatic carbocycles. The number of halogens is 1. The Kier molecular flexibility index (Phi) is 4.29. The number of hydrogen-bond donors (Lipinski definition) is 2. The Morgan fingerprint density at radius 1 is 1.38 bits per heavy atom. The number of nitrogens with two attached hydrogens (primary N) is 1. The third kappa shape index (κ3) is 3.22. The summed E-state index contributed by atoms with van der Waals surface area (Å²) in [6.45, 7) is 4.07. The third-order valence-corrected chi connectivity index (χ3v) is 4.63. The van der Waals surface area contributed by atoms with Gasteiger partial charge >= 0.3 is 0 Å². The van der Waals surface area contributed by atoms with Crippen molar-refractivity contribution in [2.45, 2.75) is 25.3 Å².